The number of nitrogens with two attached hydrogens (primary N) is 1. The molecule has 0 aliphatic carbocycles. The molecule has 2 rings (SSSR count). The van der Waals surface area contributed by atoms with E-state index in [-0.39, 0.29) is 11.7 Å². The monoisotopic (exact) mass is 402 g/mol. The number of furan rings is 1. The molecule has 7 heteroatoms. The van der Waals surface area contributed by atoms with Crippen LogP contribution >= 0.6 is 31.9 Å². The predicted octanol–water partition coefficient (Wildman–Crippen LogP) is 2.89. The van der Waals surface area contributed by atoms with E-state index in [0.29, 0.717) is 26.3 Å². The summed E-state index contributed by atoms with van der Waals surface area (Å²) in [6.45, 7) is 0. The Kier molecular flexibility index (Phi) is 4.19. The molecule has 0 bridgehead atoms. The third kappa shape index (κ3) is 2.47. The van der Waals surface area contributed by atoms with Gasteiger partial charge in [0.2, 0.25) is 0 Å². The minimum atomic E-state index is -0.644. The molecule has 0 radical (unpaired) electrons. The zero-order chi connectivity index (χ0) is 15.0. The molecule has 0 unspecified atom stereocenters. The molecule has 0 fully saturated rings. The van der Waals surface area contributed by atoms with Gasteiger partial charge in [0.25, 0.3) is 11.8 Å². The van der Waals surface area contributed by atoms with Crippen molar-refractivity contribution in [1.29, 1.82) is 0 Å². The number of hydrogen-bond donors (Lipinski definition) is 1. The number of halogens is 2. The lowest BCUT2D eigenvalue weighted by Gasteiger charge is -2.14. The van der Waals surface area contributed by atoms with Gasteiger partial charge in [-0.25, -0.2) is 0 Å². The largest absolute Gasteiger partial charge is 0.451 e. The first-order valence-corrected chi connectivity index (χ1v) is 7.60. The van der Waals surface area contributed by atoms with Crippen molar-refractivity contribution >= 4 is 54.6 Å². The Morgan fingerprint density at radius 2 is 2.00 bits per heavy atom. The van der Waals surface area contributed by atoms with Gasteiger partial charge in [-0.3, -0.25) is 9.59 Å². The highest BCUT2D eigenvalue weighted by atomic mass is 79.9. The van der Waals surface area contributed by atoms with E-state index in [0.717, 1.165) is 5.56 Å². The Balaban J connectivity index is 2.76. The van der Waals surface area contributed by atoms with Gasteiger partial charge in [-0.15, -0.1) is 0 Å². The third-order valence-electron chi connectivity index (χ3n) is 2.88. The zero-order valence-corrected chi connectivity index (χ0v) is 14.0. The van der Waals surface area contributed by atoms with E-state index in [2.05, 4.69) is 31.9 Å². The molecule has 0 aliphatic heterocycles. The van der Waals surface area contributed by atoms with Crippen molar-refractivity contribution in [3.8, 4) is 0 Å². The molecule has 2 amide bonds. The van der Waals surface area contributed by atoms with Crippen molar-refractivity contribution in [2.45, 2.75) is 5.33 Å². The number of rotatable bonds is 3. The van der Waals surface area contributed by atoms with Gasteiger partial charge in [0.1, 0.15) is 5.58 Å². The summed E-state index contributed by atoms with van der Waals surface area (Å²) in [5, 5.41) is 1.21. The second kappa shape index (κ2) is 5.57. The van der Waals surface area contributed by atoms with Gasteiger partial charge >= 0.3 is 0 Å². The van der Waals surface area contributed by atoms with Crippen LogP contribution in [0.1, 0.15) is 26.5 Å². The Hall–Kier alpha value is -1.34. The normalized spacial score (nSPS) is 10.8. The highest BCUT2D eigenvalue weighted by molar-refractivity contribution is 9.11. The minimum absolute atomic E-state index is 0.0654. The van der Waals surface area contributed by atoms with Crippen molar-refractivity contribution in [2.75, 3.05) is 14.1 Å². The van der Waals surface area contributed by atoms with Gasteiger partial charge in [-0.05, 0) is 33.6 Å². The number of carbonyl (C=O) groups excluding carboxylic acids is 2. The number of hydrogen-bond acceptors (Lipinski definition) is 3. The van der Waals surface area contributed by atoms with E-state index in [9.17, 15) is 9.59 Å². The molecule has 2 N–H and O–H groups in total. The minimum Gasteiger partial charge on any atom is -0.451 e. The van der Waals surface area contributed by atoms with Crippen molar-refractivity contribution in [3.63, 3.8) is 0 Å². The highest BCUT2D eigenvalue weighted by Gasteiger charge is 2.21. The third-order valence-corrected chi connectivity index (χ3v) is 4.34. The molecule has 20 heavy (non-hydrogen) atoms. The van der Waals surface area contributed by atoms with E-state index >= 15 is 0 Å². The fourth-order valence-electron chi connectivity index (χ4n) is 1.87. The van der Waals surface area contributed by atoms with E-state index in [1.54, 1.807) is 26.2 Å². The summed E-state index contributed by atoms with van der Waals surface area (Å²) in [5.74, 6) is -0.719. The number of alkyl halides is 1. The van der Waals surface area contributed by atoms with Gasteiger partial charge in [0.15, 0.2) is 5.76 Å². The summed E-state index contributed by atoms with van der Waals surface area (Å²) < 4.78 is 6.11. The van der Waals surface area contributed by atoms with Crippen molar-refractivity contribution in [3.05, 3.63) is 33.5 Å². The van der Waals surface area contributed by atoms with Crippen molar-refractivity contribution in [1.82, 2.24) is 4.90 Å². The summed E-state index contributed by atoms with van der Waals surface area (Å²) in [6, 6.07) is 3.20. The van der Waals surface area contributed by atoms with Crippen LogP contribution in [0, 0.1) is 0 Å². The van der Waals surface area contributed by atoms with Crippen molar-refractivity contribution < 1.29 is 14.0 Å². The number of carbonyl (C=O) groups is 2. The van der Waals surface area contributed by atoms with Crippen LogP contribution in [-0.2, 0) is 5.33 Å². The van der Waals surface area contributed by atoms with Crippen LogP contribution in [0.15, 0.2) is 21.0 Å². The molecule has 0 saturated carbocycles. The summed E-state index contributed by atoms with van der Waals surface area (Å²) in [7, 11) is 3.35. The van der Waals surface area contributed by atoms with E-state index in [4.69, 9.17) is 10.2 Å². The number of fused-ring (bicyclic) bond motifs is 1. The second-order valence-electron chi connectivity index (χ2n) is 4.44. The standard InChI is InChI=1S/C13H12Br2N2O3/c1-17(2)13(19)6-3-9-7(11(15)8(6)5-14)4-10(20-9)12(16)18/h3-4H,5H2,1-2H3,(H2,16,18). The van der Waals surface area contributed by atoms with Gasteiger partial charge in [0.05, 0.1) is 0 Å². The van der Waals surface area contributed by atoms with Gasteiger partial charge < -0.3 is 15.1 Å². The summed E-state index contributed by atoms with van der Waals surface area (Å²) in [5.41, 5.74) is 6.97. The maximum atomic E-state index is 12.2. The molecule has 1 heterocycles. The first kappa shape index (κ1) is 15.1. The SMILES string of the molecule is CN(C)C(=O)c1cc2oc(C(N)=O)cc2c(Br)c1CBr. The van der Waals surface area contributed by atoms with Crippen LogP contribution in [0.5, 0.6) is 0 Å². The van der Waals surface area contributed by atoms with E-state index in [1.165, 1.54) is 4.90 Å². The predicted molar refractivity (Wildman–Crippen MR) is 83.1 cm³/mol. The molecule has 0 aliphatic rings. The number of amides is 2. The first-order chi connectivity index (χ1) is 9.36. The molecule has 106 valence electrons. The molecule has 1 aromatic carbocycles. The lowest BCUT2D eigenvalue weighted by atomic mass is 10.1. The van der Waals surface area contributed by atoms with Crippen LogP contribution < -0.4 is 5.73 Å². The zero-order valence-electron chi connectivity index (χ0n) is 10.9. The van der Waals surface area contributed by atoms with Crippen LogP contribution in [-0.4, -0.2) is 30.8 Å². The Morgan fingerprint density at radius 3 is 2.50 bits per heavy atom. The maximum absolute atomic E-state index is 12.2. The smallest absolute Gasteiger partial charge is 0.284 e. The Labute approximate surface area is 132 Å². The summed E-state index contributed by atoms with van der Waals surface area (Å²) in [6.07, 6.45) is 0. The Bertz CT molecular complexity index is 707. The highest BCUT2D eigenvalue weighted by Crippen LogP contribution is 2.34. The summed E-state index contributed by atoms with van der Waals surface area (Å²) >= 11 is 6.83. The molecule has 0 spiro atoms. The fraction of sp³-hybridized carbons (Fsp3) is 0.231. The Morgan fingerprint density at radius 1 is 1.35 bits per heavy atom. The topological polar surface area (TPSA) is 76.5 Å². The molecular formula is C13H12Br2N2O3. The van der Waals surface area contributed by atoms with Crippen LogP contribution in [0.25, 0.3) is 11.0 Å². The van der Waals surface area contributed by atoms with Gasteiger partial charge in [-0.2, -0.15) is 0 Å². The molecule has 0 atom stereocenters. The van der Waals surface area contributed by atoms with Crippen LogP contribution in [0.3, 0.4) is 0 Å². The molecule has 0 saturated heterocycles. The molecule has 5 nitrogen and oxygen atoms in total. The fourth-order valence-corrected chi connectivity index (χ4v) is 3.49. The van der Waals surface area contributed by atoms with Crippen LogP contribution in [0.4, 0.5) is 0 Å². The van der Waals surface area contributed by atoms with Crippen LogP contribution in [0.2, 0.25) is 0 Å². The van der Waals surface area contributed by atoms with Gasteiger partial charge in [-0.1, -0.05) is 15.9 Å². The molecule has 2 aromatic rings. The van der Waals surface area contributed by atoms with Crippen molar-refractivity contribution in [2.24, 2.45) is 5.73 Å². The number of benzene rings is 1. The average molecular weight is 404 g/mol. The quantitative estimate of drug-likeness (QED) is 0.800. The average Bonchev–Trinajstić information content (AvgIpc) is 2.82. The summed E-state index contributed by atoms with van der Waals surface area (Å²) in [4.78, 5) is 24.9. The second-order valence-corrected chi connectivity index (χ2v) is 5.79. The molecular weight excluding hydrogens is 392 g/mol. The number of nitrogens with zero attached hydrogens (tertiary/aromatic N) is 1. The lowest BCUT2D eigenvalue weighted by Crippen LogP contribution is -2.23. The van der Waals surface area contributed by atoms with Gasteiger partial charge in [0, 0.05) is 34.8 Å². The van der Waals surface area contributed by atoms with E-state index in [1.807, 2.05) is 0 Å². The van der Waals surface area contributed by atoms with E-state index < -0.39 is 5.91 Å². The number of primary amides is 1. The molecule has 1 aromatic heterocycles. The lowest BCUT2D eigenvalue weighted by molar-refractivity contribution is 0.0826. The first-order valence-electron chi connectivity index (χ1n) is 5.69. The maximum Gasteiger partial charge on any atom is 0.284 e.